The van der Waals surface area contributed by atoms with E-state index in [0.717, 1.165) is 5.01 Å². The fraction of sp³-hybridized carbons (Fsp3) is 0.400. The Bertz CT molecular complexity index is 292. The minimum Gasteiger partial charge on any atom is -0.388 e. The van der Waals surface area contributed by atoms with Gasteiger partial charge in [-0.3, -0.25) is 5.10 Å². The number of H-pyrrole nitrogens is 1. The zero-order chi connectivity index (χ0) is 8.27. The van der Waals surface area contributed by atoms with E-state index in [0.29, 0.717) is 10.4 Å². The highest BCUT2D eigenvalue weighted by molar-refractivity contribution is 7.79. The molecule has 0 fully saturated rings. The molecule has 3 nitrogen and oxygen atoms in total. The van der Waals surface area contributed by atoms with Gasteiger partial charge >= 0.3 is 0 Å². The largest absolute Gasteiger partial charge is 0.388 e. The van der Waals surface area contributed by atoms with E-state index >= 15 is 0 Å². The third kappa shape index (κ3) is 2.74. The van der Waals surface area contributed by atoms with Gasteiger partial charge in [0.1, 0.15) is 5.01 Å². The topological polar surface area (TPSA) is 48.9 Å². The lowest BCUT2D eigenvalue weighted by molar-refractivity contribution is 0.249. The molecular formula is C5H6N2OS3. The monoisotopic (exact) mass is 206 g/mol. The Morgan fingerprint density at radius 3 is 3.00 bits per heavy atom. The van der Waals surface area contributed by atoms with Gasteiger partial charge in [0.15, 0.2) is 3.95 Å². The first-order valence-corrected chi connectivity index (χ1v) is 4.59. The fourth-order valence-corrected chi connectivity index (χ4v) is 1.66. The van der Waals surface area contributed by atoms with E-state index < -0.39 is 6.10 Å². The first-order chi connectivity index (χ1) is 5.22. The van der Waals surface area contributed by atoms with Crippen LogP contribution >= 0.6 is 35.8 Å². The summed E-state index contributed by atoms with van der Waals surface area (Å²) in [5.41, 5.74) is 0. The quantitative estimate of drug-likeness (QED) is 0.727. The molecule has 1 rings (SSSR count). The summed E-state index contributed by atoms with van der Waals surface area (Å²) in [4.78, 5) is 0. The van der Waals surface area contributed by atoms with Crippen LogP contribution in [0.15, 0.2) is 0 Å². The molecule has 1 aromatic rings. The van der Waals surface area contributed by atoms with Crippen LogP contribution in [-0.2, 0) is 6.42 Å². The van der Waals surface area contributed by atoms with Crippen molar-refractivity contribution in [3.05, 3.63) is 8.96 Å². The maximum atomic E-state index is 9.08. The Kier molecular flexibility index (Phi) is 3.25. The Labute approximate surface area is 78.1 Å². The molecule has 0 spiro atoms. The van der Waals surface area contributed by atoms with Crippen LogP contribution in [0.3, 0.4) is 0 Å². The minimum atomic E-state index is -0.598. The van der Waals surface area contributed by atoms with Crippen LogP contribution in [0.1, 0.15) is 5.01 Å². The highest BCUT2D eigenvalue weighted by Crippen LogP contribution is 2.06. The lowest BCUT2D eigenvalue weighted by Gasteiger charge is -1.97. The normalized spacial score (nSPS) is 12.8. The molecule has 6 heteroatoms. The van der Waals surface area contributed by atoms with E-state index in [-0.39, 0.29) is 0 Å². The third-order valence-electron chi connectivity index (χ3n) is 1.02. The Balaban J connectivity index is 2.64. The predicted octanol–water partition coefficient (Wildman–Crippen LogP) is 1.10. The standard InChI is InChI=1S/C5H6N2OS3/c8-3(2-9)1-4-6-7-5(10)11-4/h2-3,8H,1H2,(H,7,10). The number of thiocarbonyl (C=S) groups is 1. The Morgan fingerprint density at radius 1 is 1.82 bits per heavy atom. The van der Waals surface area contributed by atoms with Gasteiger partial charge in [-0.25, -0.2) is 0 Å². The van der Waals surface area contributed by atoms with Gasteiger partial charge in [0.2, 0.25) is 0 Å². The van der Waals surface area contributed by atoms with Crippen molar-refractivity contribution in [1.82, 2.24) is 10.2 Å². The van der Waals surface area contributed by atoms with Crippen LogP contribution in [0.4, 0.5) is 0 Å². The van der Waals surface area contributed by atoms with Gasteiger partial charge in [-0.2, -0.15) is 5.10 Å². The molecule has 0 aliphatic carbocycles. The zero-order valence-electron chi connectivity index (χ0n) is 5.48. The summed E-state index contributed by atoms with van der Waals surface area (Å²) in [5.74, 6) is 0. The highest BCUT2D eigenvalue weighted by Gasteiger charge is 2.03. The average molecular weight is 206 g/mol. The van der Waals surface area contributed by atoms with Crippen molar-refractivity contribution in [2.45, 2.75) is 12.5 Å². The van der Waals surface area contributed by atoms with Crippen LogP contribution in [0.2, 0.25) is 0 Å². The van der Waals surface area contributed by atoms with E-state index in [9.17, 15) is 0 Å². The molecule has 2 N–H and O–H groups in total. The number of hydrogen-bond acceptors (Lipinski definition) is 5. The average Bonchev–Trinajstić information content (AvgIpc) is 2.35. The summed E-state index contributed by atoms with van der Waals surface area (Å²) < 4.78 is 0.622. The van der Waals surface area contributed by atoms with Crippen LogP contribution in [0, 0.1) is 3.95 Å². The maximum absolute atomic E-state index is 9.08. The molecule has 1 aromatic heterocycles. The molecule has 0 bridgehead atoms. The third-order valence-corrected chi connectivity index (χ3v) is 2.45. The minimum absolute atomic E-state index is 0.446. The highest BCUT2D eigenvalue weighted by atomic mass is 32.1. The fourth-order valence-electron chi connectivity index (χ4n) is 0.575. The molecular weight excluding hydrogens is 200 g/mol. The first-order valence-electron chi connectivity index (χ1n) is 2.90. The number of nitrogens with zero attached hydrogens (tertiary/aromatic N) is 1. The van der Waals surface area contributed by atoms with Gasteiger partial charge < -0.3 is 5.11 Å². The van der Waals surface area contributed by atoms with Gasteiger partial charge in [-0.05, 0) is 12.2 Å². The number of rotatable bonds is 3. The first kappa shape index (κ1) is 8.92. The SMILES string of the molecule is OC(C=S)Cc1n[nH]c(=S)s1. The van der Waals surface area contributed by atoms with Crippen molar-refractivity contribution in [2.24, 2.45) is 0 Å². The number of hydrogen-bond donors (Lipinski definition) is 2. The molecule has 0 saturated heterocycles. The van der Waals surface area contributed by atoms with Crippen molar-refractivity contribution in [2.75, 3.05) is 0 Å². The van der Waals surface area contributed by atoms with E-state index in [1.165, 1.54) is 16.7 Å². The van der Waals surface area contributed by atoms with Crippen LogP contribution in [-0.4, -0.2) is 26.8 Å². The van der Waals surface area contributed by atoms with Gasteiger partial charge in [-0.1, -0.05) is 23.6 Å². The van der Waals surface area contributed by atoms with E-state index in [1.54, 1.807) is 0 Å². The second-order valence-corrected chi connectivity index (χ2v) is 3.94. The van der Waals surface area contributed by atoms with E-state index in [1.807, 2.05) is 0 Å². The van der Waals surface area contributed by atoms with Gasteiger partial charge in [0, 0.05) is 11.8 Å². The van der Waals surface area contributed by atoms with Crippen molar-refractivity contribution >= 4 is 41.1 Å². The molecule has 0 amide bonds. The summed E-state index contributed by atoms with van der Waals surface area (Å²) in [5, 5.41) is 17.7. The van der Waals surface area contributed by atoms with Crippen LogP contribution in [0.5, 0.6) is 0 Å². The Hall–Kier alpha value is -0.170. The molecule has 0 aromatic carbocycles. The molecule has 0 saturated carbocycles. The molecule has 60 valence electrons. The molecule has 11 heavy (non-hydrogen) atoms. The Morgan fingerprint density at radius 2 is 2.55 bits per heavy atom. The molecule has 1 heterocycles. The van der Waals surface area contributed by atoms with E-state index in [4.69, 9.17) is 17.3 Å². The molecule has 1 unspecified atom stereocenters. The summed E-state index contributed by atoms with van der Waals surface area (Å²) in [7, 11) is 0. The smallest absolute Gasteiger partial charge is 0.176 e. The summed E-state index contributed by atoms with van der Waals surface area (Å²) >= 11 is 10.7. The number of aliphatic hydroxyl groups excluding tert-OH is 1. The second kappa shape index (κ2) is 4.01. The van der Waals surface area contributed by atoms with E-state index in [2.05, 4.69) is 22.4 Å². The second-order valence-electron chi connectivity index (χ2n) is 1.91. The predicted molar refractivity (Wildman–Crippen MR) is 50.7 cm³/mol. The zero-order valence-corrected chi connectivity index (χ0v) is 7.93. The number of aliphatic hydroxyl groups is 1. The number of nitrogens with one attached hydrogen (secondary N) is 1. The van der Waals surface area contributed by atoms with Crippen molar-refractivity contribution < 1.29 is 5.11 Å². The maximum Gasteiger partial charge on any atom is 0.176 e. The van der Waals surface area contributed by atoms with Gasteiger partial charge in [0.25, 0.3) is 0 Å². The van der Waals surface area contributed by atoms with Crippen molar-refractivity contribution in [1.29, 1.82) is 0 Å². The summed E-state index contributed by atoms with van der Waals surface area (Å²) in [6.45, 7) is 0. The summed E-state index contributed by atoms with van der Waals surface area (Å²) in [6, 6.07) is 0. The molecule has 0 aliphatic heterocycles. The lowest BCUT2D eigenvalue weighted by Crippen LogP contribution is -2.09. The number of aromatic nitrogens is 2. The van der Waals surface area contributed by atoms with Crippen molar-refractivity contribution in [3.8, 4) is 0 Å². The molecule has 0 aliphatic rings. The van der Waals surface area contributed by atoms with Gasteiger partial charge in [0.05, 0.1) is 6.10 Å². The van der Waals surface area contributed by atoms with Crippen LogP contribution < -0.4 is 0 Å². The molecule has 0 radical (unpaired) electrons. The lowest BCUT2D eigenvalue weighted by atomic mass is 10.3. The van der Waals surface area contributed by atoms with Crippen LogP contribution in [0.25, 0.3) is 0 Å². The number of aromatic amines is 1. The summed E-state index contributed by atoms with van der Waals surface area (Å²) in [6.07, 6.45) is -0.152. The van der Waals surface area contributed by atoms with Crippen molar-refractivity contribution in [3.63, 3.8) is 0 Å². The molecule has 1 atom stereocenters. The van der Waals surface area contributed by atoms with Gasteiger partial charge in [-0.15, -0.1) is 0 Å².